The highest BCUT2D eigenvalue weighted by atomic mass is 14.3. The Labute approximate surface area is 65.0 Å². The molecule has 0 spiro atoms. The van der Waals surface area contributed by atoms with Crippen LogP contribution >= 0.6 is 0 Å². The van der Waals surface area contributed by atoms with Crippen LogP contribution in [-0.2, 0) is 0 Å². The van der Waals surface area contributed by atoms with E-state index >= 15 is 0 Å². The van der Waals surface area contributed by atoms with Crippen LogP contribution in [0.2, 0.25) is 0 Å². The van der Waals surface area contributed by atoms with E-state index in [9.17, 15) is 0 Å². The molecule has 0 saturated heterocycles. The average molecular weight is 139 g/mol. The van der Waals surface area contributed by atoms with Crippen molar-refractivity contribution < 1.29 is 0 Å². The van der Waals surface area contributed by atoms with Crippen LogP contribution in [0.3, 0.4) is 0 Å². The van der Waals surface area contributed by atoms with Gasteiger partial charge in [0.2, 0.25) is 0 Å². The van der Waals surface area contributed by atoms with Gasteiger partial charge in [0.15, 0.2) is 0 Å². The molecule has 0 N–H and O–H groups in total. The summed E-state index contributed by atoms with van der Waals surface area (Å²) in [5.74, 6) is 2.53. The predicted molar refractivity (Wildman–Crippen MR) is 45.6 cm³/mol. The zero-order chi connectivity index (χ0) is 7.56. The molecule has 1 aliphatic rings. The van der Waals surface area contributed by atoms with Gasteiger partial charge in [-0.25, -0.2) is 0 Å². The van der Waals surface area contributed by atoms with E-state index in [1.54, 1.807) is 0 Å². The van der Waals surface area contributed by atoms with Gasteiger partial charge in [0, 0.05) is 0 Å². The van der Waals surface area contributed by atoms with Crippen molar-refractivity contribution in [3.8, 4) is 0 Å². The van der Waals surface area contributed by atoms with Crippen molar-refractivity contribution in [1.29, 1.82) is 0 Å². The second-order valence-corrected chi connectivity index (χ2v) is 3.99. The molecule has 58 valence electrons. The third kappa shape index (κ3) is 1.93. The molecule has 2 unspecified atom stereocenters. The Morgan fingerprint density at radius 2 is 2.00 bits per heavy atom. The lowest BCUT2D eigenvalue weighted by Gasteiger charge is -2.28. The first-order valence-electron chi connectivity index (χ1n) is 4.53. The molecule has 0 amide bonds. The summed E-state index contributed by atoms with van der Waals surface area (Å²) in [7, 11) is 0. The van der Waals surface area contributed by atoms with E-state index in [0.717, 1.165) is 11.8 Å². The molecule has 1 saturated carbocycles. The van der Waals surface area contributed by atoms with Crippen molar-refractivity contribution in [1.82, 2.24) is 0 Å². The molecule has 0 bridgehead atoms. The largest absolute Gasteiger partial charge is 0.0950 e. The Hall–Kier alpha value is -0.130. The average Bonchev–Trinajstić information content (AvgIpc) is 1.77. The fourth-order valence-corrected chi connectivity index (χ4v) is 1.49. The SMILES string of the molecule is [CH2+]C(C)C(C)CC1CCC1. The Morgan fingerprint density at radius 3 is 2.30 bits per heavy atom. The maximum absolute atomic E-state index is 4.05. The molecule has 2 atom stereocenters. The summed E-state index contributed by atoms with van der Waals surface area (Å²) in [6, 6.07) is 0. The van der Waals surface area contributed by atoms with Gasteiger partial charge in [0.25, 0.3) is 0 Å². The fourth-order valence-electron chi connectivity index (χ4n) is 1.49. The van der Waals surface area contributed by atoms with E-state index in [-0.39, 0.29) is 0 Å². The van der Waals surface area contributed by atoms with Crippen molar-refractivity contribution in [3.63, 3.8) is 0 Å². The molecule has 0 aromatic rings. The first-order chi connectivity index (χ1) is 4.70. The minimum Gasteiger partial charge on any atom is -0.0582 e. The maximum Gasteiger partial charge on any atom is 0.0950 e. The standard InChI is InChI=1S/C10H19/c1-8(2)9(3)7-10-5-4-6-10/h8-10H,1,4-7H2,2-3H3/q+1. The molecule has 0 aromatic carbocycles. The van der Waals surface area contributed by atoms with Crippen LogP contribution in [-0.4, -0.2) is 0 Å². The maximum atomic E-state index is 4.05. The first kappa shape index (κ1) is 7.97. The molecule has 0 nitrogen and oxygen atoms in total. The van der Waals surface area contributed by atoms with Crippen LogP contribution < -0.4 is 0 Å². The van der Waals surface area contributed by atoms with Crippen molar-refractivity contribution in [2.75, 3.05) is 0 Å². The van der Waals surface area contributed by atoms with Crippen LogP contribution in [0.4, 0.5) is 0 Å². The summed E-state index contributed by atoms with van der Waals surface area (Å²) in [4.78, 5) is 0. The van der Waals surface area contributed by atoms with Crippen molar-refractivity contribution in [2.45, 2.75) is 39.5 Å². The molecule has 0 aliphatic heterocycles. The molecule has 0 radical (unpaired) electrons. The Morgan fingerprint density at radius 1 is 1.40 bits per heavy atom. The second-order valence-electron chi connectivity index (χ2n) is 3.99. The van der Waals surface area contributed by atoms with Gasteiger partial charge in [0.1, 0.15) is 0 Å². The minimum absolute atomic E-state index is 0.639. The van der Waals surface area contributed by atoms with Gasteiger partial charge >= 0.3 is 0 Å². The Balaban J connectivity index is 2.10. The van der Waals surface area contributed by atoms with Crippen molar-refractivity contribution in [3.05, 3.63) is 6.92 Å². The third-order valence-corrected chi connectivity index (χ3v) is 2.90. The highest BCUT2D eigenvalue weighted by Crippen LogP contribution is 2.33. The molecular formula is C10H19+. The van der Waals surface area contributed by atoms with Crippen LogP contribution in [0, 0.1) is 24.7 Å². The molecular weight excluding hydrogens is 120 g/mol. The van der Waals surface area contributed by atoms with Gasteiger partial charge in [-0.05, 0) is 25.2 Å². The summed E-state index contributed by atoms with van der Waals surface area (Å²) in [6.45, 7) is 8.60. The van der Waals surface area contributed by atoms with E-state index in [1.807, 2.05) is 0 Å². The van der Waals surface area contributed by atoms with E-state index in [0.29, 0.717) is 5.92 Å². The fraction of sp³-hybridized carbons (Fsp3) is 0.900. The summed E-state index contributed by atoms with van der Waals surface area (Å²) < 4.78 is 0. The third-order valence-electron chi connectivity index (χ3n) is 2.90. The lowest BCUT2D eigenvalue weighted by atomic mass is 9.77. The first-order valence-corrected chi connectivity index (χ1v) is 4.53. The van der Waals surface area contributed by atoms with Crippen LogP contribution in [0.5, 0.6) is 0 Å². The normalized spacial score (nSPS) is 25.4. The zero-order valence-electron chi connectivity index (χ0n) is 7.27. The molecule has 0 aromatic heterocycles. The number of hydrogen-bond acceptors (Lipinski definition) is 0. The topological polar surface area (TPSA) is 0 Å². The van der Waals surface area contributed by atoms with Gasteiger partial charge in [-0.3, -0.25) is 0 Å². The van der Waals surface area contributed by atoms with Crippen molar-refractivity contribution >= 4 is 0 Å². The zero-order valence-corrected chi connectivity index (χ0v) is 7.27. The van der Waals surface area contributed by atoms with Gasteiger partial charge in [-0.1, -0.05) is 26.2 Å². The van der Waals surface area contributed by atoms with Gasteiger partial charge in [-0.2, -0.15) is 0 Å². The van der Waals surface area contributed by atoms with E-state index < -0.39 is 0 Å². The smallest absolute Gasteiger partial charge is 0.0582 e. The summed E-state index contributed by atoms with van der Waals surface area (Å²) in [6.07, 6.45) is 5.86. The summed E-state index contributed by atoms with van der Waals surface area (Å²) >= 11 is 0. The number of hydrogen-bond donors (Lipinski definition) is 0. The van der Waals surface area contributed by atoms with Gasteiger partial charge < -0.3 is 0 Å². The molecule has 10 heavy (non-hydrogen) atoms. The van der Waals surface area contributed by atoms with E-state index in [2.05, 4.69) is 20.8 Å². The lowest BCUT2D eigenvalue weighted by Crippen LogP contribution is -2.17. The highest BCUT2D eigenvalue weighted by Gasteiger charge is 2.22. The Kier molecular flexibility index (Phi) is 2.64. The highest BCUT2D eigenvalue weighted by molar-refractivity contribution is 4.74. The molecule has 1 aliphatic carbocycles. The van der Waals surface area contributed by atoms with Crippen molar-refractivity contribution in [2.24, 2.45) is 17.8 Å². The molecule has 0 heteroatoms. The van der Waals surface area contributed by atoms with Gasteiger partial charge in [-0.15, -0.1) is 0 Å². The number of rotatable bonds is 3. The van der Waals surface area contributed by atoms with Crippen LogP contribution in [0.15, 0.2) is 0 Å². The van der Waals surface area contributed by atoms with E-state index in [4.69, 9.17) is 0 Å². The van der Waals surface area contributed by atoms with Crippen LogP contribution in [0.1, 0.15) is 39.5 Å². The van der Waals surface area contributed by atoms with E-state index in [1.165, 1.54) is 25.7 Å². The van der Waals surface area contributed by atoms with Crippen LogP contribution in [0.25, 0.3) is 0 Å². The summed E-state index contributed by atoms with van der Waals surface area (Å²) in [5, 5.41) is 0. The lowest BCUT2D eigenvalue weighted by molar-refractivity contribution is 0.236. The monoisotopic (exact) mass is 139 g/mol. The molecule has 0 heterocycles. The Bertz CT molecular complexity index is 90.2. The molecule has 1 rings (SSSR count). The minimum atomic E-state index is 0.639. The molecule has 1 fully saturated rings. The second kappa shape index (κ2) is 3.32. The van der Waals surface area contributed by atoms with Gasteiger partial charge in [0.05, 0.1) is 12.8 Å². The predicted octanol–water partition coefficient (Wildman–Crippen LogP) is 3.28. The summed E-state index contributed by atoms with van der Waals surface area (Å²) in [5.41, 5.74) is 0. The quantitative estimate of drug-likeness (QED) is 0.526.